The normalized spacial score (nSPS) is 18.2. The molecule has 1 fully saturated rings. The number of rotatable bonds is 3. The number of nitrogens with zero attached hydrogens (tertiary/aromatic N) is 1. The van der Waals surface area contributed by atoms with Gasteiger partial charge in [0.15, 0.2) is 0 Å². The van der Waals surface area contributed by atoms with Crippen molar-refractivity contribution < 1.29 is 19.5 Å². The van der Waals surface area contributed by atoms with E-state index in [-0.39, 0.29) is 18.8 Å². The van der Waals surface area contributed by atoms with Crippen LogP contribution in [-0.4, -0.2) is 56.9 Å². The van der Waals surface area contributed by atoms with Gasteiger partial charge in [0.25, 0.3) is 11.5 Å². The van der Waals surface area contributed by atoms with E-state index in [2.05, 4.69) is 10.3 Å². The fraction of sp³-hybridized carbons (Fsp3) is 0.364. The Morgan fingerprint density at radius 2 is 2.00 bits per heavy atom. The monoisotopic (exact) mass is 296 g/mol. The van der Waals surface area contributed by atoms with Crippen molar-refractivity contribution in [2.45, 2.75) is 12.5 Å². The number of hydrogen-bond acceptors (Lipinski definition) is 5. The van der Waals surface area contributed by atoms with Gasteiger partial charge in [-0.2, -0.15) is 0 Å². The van der Waals surface area contributed by atoms with Crippen molar-refractivity contribution in [3.8, 4) is 0 Å². The Morgan fingerprint density at radius 3 is 2.62 bits per heavy atom. The average Bonchev–Trinajstić information content (AvgIpc) is 2.38. The third kappa shape index (κ3) is 3.16. The van der Waals surface area contributed by atoms with Gasteiger partial charge in [-0.1, -0.05) is 0 Å². The van der Waals surface area contributed by atoms with Crippen molar-refractivity contribution in [1.29, 1.82) is 0 Å². The van der Waals surface area contributed by atoms with E-state index in [1.54, 1.807) is 0 Å². The molecule has 2 amide bonds. The third-order valence-corrected chi connectivity index (χ3v) is 2.95. The van der Waals surface area contributed by atoms with Crippen molar-refractivity contribution in [3.05, 3.63) is 32.6 Å². The van der Waals surface area contributed by atoms with E-state index in [1.165, 1.54) is 0 Å². The number of carbonyl (C=O) groups is 3. The number of nitrogens with one attached hydrogen (secondary N) is 3. The third-order valence-electron chi connectivity index (χ3n) is 2.95. The number of hydrogen-bond donors (Lipinski definition) is 4. The molecule has 0 aliphatic carbocycles. The molecule has 0 spiro atoms. The van der Waals surface area contributed by atoms with Crippen LogP contribution in [0, 0.1) is 0 Å². The van der Waals surface area contributed by atoms with Gasteiger partial charge < -0.3 is 20.3 Å². The number of carboxylic acid groups (broad SMARTS) is 1. The van der Waals surface area contributed by atoms with Gasteiger partial charge in [-0.15, -0.1) is 0 Å². The van der Waals surface area contributed by atoms with Gasteiger partial charge in [-0.05, 0) is 0 Å². The van der Waals surface area contributed by atoms with Crippen LogP contribution < -0.4 is 16.6 Å². The first-order chi connectivity index (χ1) is 9.88. The van der Waals surface area contributed by atoms with Crippen molar-refractivity contribution in [1.82, 2.24) is 20.2 Å². The Morgan fingerprint density at radius 1 is 1.29 bits per heavy atom. The van der Waals surface area contributed by atoms with Crippen molar-refractivity contribution >= 4 is 17.8 Å². The summed E-state index contributed by atoms with van der Waals surface area (Å²) in [6, 6.07) is -0.305. The van der Waals surface area contributed by atoms with E-state index in [9.17, 15) is 24.0 Å². The lowest BCUT2D eigenvalue weighted by atomic mass is 10.1. The lowest BCUT2D eigenvalue weighted by Crippen LogP contribution is -2.58. The highest BCUT2D eigenvalue weighted by Gasteiger charge is 2.35. The van der Waals surface area contributed by atoms with E-state index in [1.807, 2.05) is 4.98 Å². The number of carbonyl (C=O) groups excluding carboxylic acids is 2. The van der Waals surface area contributed by atoms with Gasteiger partial charge in [0.05, 0.1) is 6.42 Å². The van der Waals surface area contributed by atoms with Gasteiger partial charge in [0.1, 0.15) is 11.7 Å². The molecule has 1 unspecified atom stereocenters. The second-order valence-corrected chi connectivity index (χ2v) is 4.40. The van der Waals surface area contributed by atoms with E-state index in [0.29, 0.717) is 0 Å². The second kappa shape index (κ2) is 5.61. The molecule has 1 aromatic heterocycles. The maximum atomic E-state index is 12.3. The first kappa shape index (κ1) is 14.5. The summed E-state index contributed by atoms with van der Waals surface area (Å²) in [5.41, 5.74) is -1.92. The quantitative estimate of drug-likeness (QED) is 0.483. The Hall–Kier alpha value is -2.91. The summed E-state index contributed by atoms with van der Waals surface area (Å²) in [6.45, 7) is 0.242. The summed E-state index contributed by atoms with van der Waals surface area (Å²) in [6.07, 6.45) is -0.564. The molecule has 10 heteroatoms. The average molecular weight is 296 g/mol. The van der Waals surface area contributed by atoms with E-state index in [0.717, 1.165) is 11.0 Å². The minimum absolute atomic E-state index is 0.0807. The molecule has 21 heavy (non-hydrogen) atoms. The number of amides is 2. The molecule has 2 heterocycles. The fourth-order valence-electron chi connectivity index (χ4n) is 2.06. The summed E-state index contributed by atoms with van der Waals surface area (Å²) < 4.78 is 0. The topological polar surface area (TPSA) is 152 Å². The number of piperazine rings is 1. The van der Waals surface area contributed by atoms with Crippen LogP contribution in [0.2, 0.25) is 0 Å². The van der Waals surface area contributed by atoms with Crippen LogP contribution in [0.4, 0.5) is 0 Å². The molecule has 0 saturated carbocycles. The lowest BCUT2D eigenvalue weighted by molar-refractivity contribution is -0.142. The molecule has 0 radical (unpaired) electrons. The molecule has 1 aromatic rings. The highest BCUT2D eigenvalue weighted by Crippen LogP contribution is 2.12. The van der Waals surface area contributed by atoms with E-state index < -0.39 is 41.5 Å². The lowest BCUT2D eigenvalue weighted by Gasteiger charge is -2.34. The summed E-state index contributed by atoms with van der Waals surface area (Å²) in [7, 11) is 0. The molecule has 2 rings (SSSR count). The Labute approximate surface area is 116 Å². The van der Waals surface area contributed by atoms with Crippen LogP contribution in [0.3, 0.4) is 0 Å². The minimum Gasteiger partial charge on any atom is -0.481 e. The molecule has 0 bridgehead atoms. The molecule has 1 atom stereocenters. The zero-order valence-corrected chi connectivity index (χ0v) is 10.7. The molecule has 0 aromatic carbocycles. The van der Waals surface area contributed by atoms with Crippen LogP contribution in [0.25, 0.3) is 0 Å². The van der Waals surface area contributed by atoms with E-state index >= 15 is 0 Å². The van der Waals surface area contributed by atoms with Crippen molar-refractivity contribution in [2.75, 3.05) is 13.1 Å². The molecular weight excluding hydrogens is 284 g/mol. The SMILES string of the molecule is O=C(O)CC1C(=O)NCCN1C(=O)c1cc(=O)[nH]c(=O)[nH]1. The maximum Gasteiger partial charge on any atom is 0.326 e. The van der Waals surface area contributed by atoms with Crippen LogP contribution >= 0.6 is 0 Å². The van der Waals surface area contributed by atoms with Gasteiger partial charge in [-0.25, -0.2) is 4.79 Å². The first-order valence-corrected chi connectivity index (χ1v) is 6.02. The second-order valence-electron chi connectivity index (χ2n) is 4.40. The molecule has 1 aliphatic rings. The molecule has 4 N–H and O–H groups in total. The predicted octanol–water partition coefficient (Wildman–Crippen LogP) is -2.52. The fourth-order valence-corrected chi connectivity index (χ4v) is 2.06. The van der Waals surface area contributed by atoms with Gasteiger partial charge in [0, 0.05) is 19.2 Å². The number of carboxylic acids is 1. The maximum absolute atomic E-state index is 12.3. The Balaban J connectivity index is 2.34. The van der Waals surface area contributed by atoms with Crippen molar-refractivity contribution in [3.63, 3.8) is 0 Å². The smallest absolute Gasteiger partial charge is 0.326 e. The Kier molecular flexibility index (Phi) is 3.87. The van der Waals surface area contributed by atoms with Crippen LogP contribution in [0.15, 0.2) is 15.7 Å². The largest absolute Gasteiger partial charge is 0.481 e. The molecule has 1 aliphatic heterocycles. The summed E-state index contributed by atoms with van der Waals surface area (Å²) in [5.74, 6) is -2.61. The van der Waals surface area contributed by atoms with Gasteiger partial charge in [0.2, 0.25) is 5.91 Å². The van der Waals surface area contributed by atoms with Gasteiger partial charge in [-0.3, -0.25) is 24.2 Å². The number of aromatic nitrogens is 2. The number of aromatic amines is 2. The summed E-state index contributed by atoms with van der Waals surface area (Å²) in [4.78, 5) is 62.2. The Bertz CT molecular complexity index is 677. The minimum atomic E-state index is -1.24. The van der Waals surface area contributed by atoms with Gasteiger partial charge >= 0.3 is 11.7 Å². The zero-order valence-electron chi connectivity index (χ0n) is 10.7. The number of aliphatic carboxylic acids is 1. The number of H-pyrrole nitrogens is 2. The molecule has 1 saturated heterocycles. The van der Waals surface area contributed by atoms with Crippen molar-refractivity contribution in [2.24, 2.45) is 0 Å². The summed E-state index contributed by atoms with van der Waals surface area (Å²) in [5, 5.41) is 11.3. The summed E-state index contributed by atoms with van der Waals surface area (Å²) >= 11 is 0. The first-order valence-electron chi connectivity index (χ1n) is 6.02. The van der Waals surface area contributed by atoms with Crippen LogP contribution in [-0.2, 0) is 9.59 Å². The van der Waals surface area contributed by atoms with Crippen LogP contribution in [0.1, 0.15) is 16.9 Å². The molecular formula is C11H12N4O6. The molecule has 112 valence electrons. The van der Waals surface area contributed by atoms with Crippen LogP contribution in [0.5, 0.6) is 0 Å². The predicted molar refractivity (Wildman–Crippen MR) is 67.8 cm³/mol. The van der Waals surface area contributed by atoms with E-state index in [4.69, 9.17) is 5.11 Å². The highest BCUT2D eigenvalue weighted by atomic mass is 16.4. The standard InChI is InChI=1S/C11H12N4O6/c16-7-3-5(13-11(21)14-7)10(20)15-2-1-12-9(19)6(15)4-8(17)18/h3,6H,1-2,4H2,(H,12,19)(H,17,18)(H2,13,14,16,21). The molecule has 10 nitrogen and oxygen atoms in total. The highest BCUT2D eigenvalue weighted by molar-refractivity contribution is 5.97. The zero-order chi connectivity index (χ0) is 15.6.